The van der Waals surface area contributed by atoms with E-state index in [9.17, 15) is 0 Å². The van der Waals surface area contributed by atoms with Crippen LogP contribution in [-0.4, -0.2) is 60.2 Å². The number of para-hydroxylation sites is 1. The van der Waals surface area contributed by atoms with E-state index >= 15 is 0 Å². The van der Waals surface area contributed by atoms with Crippen molar-refractivity contribution in [2.75, 3.05) is 39.4 Å². The van der Waals surface area contributed by atoms with Crippen molar-refractivity contribution in [3.63, 3.8) is 0 Å². The van der Waals surface area contributed by atoms with E-state index in [0.29, 0.717) is 12.1 Å². The highest BCUT2D eigenvalue weighted by Crippen LogP contribution is 2.33. The molecule has 2 aliphatic heterocycles. The Balaban J connectivity index is 1.40. The third-order valence-corrected chi connectivity index (χ3v) is 6.88. The van der Waals surface area contributed by atoms with Crippen LogP contribution in [0.5, 0.6) is 0 Å². The normalized spacial score (nSPS) is 20.4. The van der Waals surface area contributed by atoms with Crippen molar-refractivity contribution in [3.8, 4) is 11.3 Å². The molecule has 0 amide bonds. The van der Waals surface area contributed by atoms with Gasteiger partial charge in [-0.25, -0.2) is 4.98 Å². The smallest absolute Gasteiger partial charge is 0.0713 e. The summed E-state index contributed by atoms with van der Waals surface area (Å²) < 4.78 is 5.54. The maximum atomic E-state index is 5.54. The first-order valence-electron chi connectivity index (χ1n) is 11.3. The summed E-state index contributed by atoms with van der Waals surface area (Å²) in [6, 6.07) is 22.5. The molecule has 0 N–H and O–H groups in total. The molecule has 4 nitrogen and oxygen atoms in total. The fourth-order valence-electron chi connectivity index (χ4n) is 5.08. The molecule has 3 aromatic rings. The Kier molecular flexibility index (Phi) is 5.80. The van der Waals surface area contributed by atoms with Crippen LogP contribution in [0.25, 0.3) is 22.2 Å². The summed E-state index contributed by atoms with van der Waals surface area (Å²) in [5.41, 5.74) is 4.73. The van der Waals surface area contributed by atoms with Crippen molar-refractivity contribution in [1.82, 2.24) is 14.8 Å². The number of morpholine rings is 1. The van der Waals surface area contributed by atoms with Gasteiger partial charge in [0.25, 0.3) is 0 Å². The average molecular weight is 402 g/mol. The first kappa shape index (κ1) is 19.7. The van der Waals surface area contributed by atoms with E-state index < -0.39 is 0 Å². The standard InChI is InChI=1S/C26H31N3O/c1-20(28-13-11-22(12-14-28)29-15-17-30-18-16-29)24-19-26(21-7-3-2-4-8-21)27-25-10-6-5-9-23(24)25/h2-10,19-20,22H,11-18H2,1H3. The Hall–Kier alpha value is -2.27. The summed E-state index contributed by atoms with van der Waals surface area (Å²) in [5, 5.41) is 1.28. The Labute approximate surface area is 179 Å². The molecule has 0 aliphatic carbocycles. The van der Waals surface area contributed by atoms with Gasteiger partial charge in [-0.1, -0.05) is 48.5 Å². The molecule has 3 heterocycles. The summed E-state index contributed by atoms with van der Waals surface area (Å²) >= 11 is 0. The number of pyridine rings is 1. The molecule has 2 saturated heterocycles. The number of hydrogen-bond acceptors (Lipinski definition) is 4. The van der Waals surface area contributed by atoms with E-state index in [0.717, 1.165) is 50.6 Å². The van der Waals surface area contributed by atoms with Gasteiger partial charge in [-0.2, -0.15) is 0 Å². The third-order valence-electron chi connectivity index (χ3n) is 6.88. The van der Waals surface area contributed by atoms with E-state index in [-0.39, 0.29) is 0 Å². The van der Waals surface area contributed by atoms with Gasteiger partial charge < -0.3 is 4.74 Å². The van der Waals surface area contributed by atoms with Gasteiger partial charge in [0.2, 0.25) is 0 Å². The number of piperidine rings is 1. The highest BCUT2D eigenvalue weighted by molar-refractivity contribution is 5.85. The van der Waals surface area contributed by atoms with Crippen LogP contribution in [-0.2, 0) is 4.74 Å². The van der Waals surface area contributed by atoms with Crippen LogP contribution in [0, 0.1) is 0 Å². The zero-order valence-corrected chi connectivity index (χ0v) is 17.8. The van der Waals surface area contributed by atoms with Gasteiger partial charge in [-0.05, 0) is 37.5 Å². The monoisotopic (exact) mass is 401 g/mol. The summed E-state index contributed by atoms with van der Waals surface area (Å²) in [4.78, 5) is 10.3. The number of nitrogens with zero attached hydrogens (tertiary/aromatic N) is 3. The van der Waals surface area contributed by atoms with Crippen molar-refractivity contribution in [1.29, 1.82) is 0 Å². The lowest BCUT2D eigenvalue weighted by atomic mass is 9.95. The molecule has 4 heteroatoms. The highest BCUT2D eigenvalue weighted by Gasteiger charge is 2.29. The van der Waals surface area contributed by atoms with Crippen LogP contribution in [0.15, 0.2) is 60.7 Å². The molecule has 2 aromatic carbocycles. The minimum Gasteiger partial charge on any atom is -0.379 e. The molecule has 30 heavy (non-hydrogen) atoms. The number of benzene rings is 2. The molecule has 156 valence electrons. The molecule has 2 aliphatic rings. The number of aromatic nitrogens is 1. The van der Waals surface area contributed by atoms with Crippen LogP contribution in [0.2, 0.25) is 0 Å². The lowest BCUT2D eigenvalue weighted by Gasteiger charge is -2.42. The number of likely N-dealkylation sites (tertiary alicyclic amines) is 1. The molecule has 0 spiro atoms. The van der Waals surface area contributed by atoms with Crippen molar-refractivity contribution in [2.45, 2.75) is 31.8 Å². The molecular formula is C26H31N3O. The predicted molar refractivity (Wildman–Crippen MR) is 123 cm³/mol. The second-order valence-electron chi connectivity index (χ2n) is 8.57. The van der Waals surface area contributed by atoms with Crippen molar-refractivity contribution < 1.29 is 4.74 Å². The van der Waals surface area contributed by atoms with Crippen molar-refractivity contribution in [2.24, 2.45) is 0 Å². The number of ether oxygens (including phenoxy) is 1. The molecule has 0 bridgehead atoms. The summed E-state index contributed by atoms with van der Waals surface area (Å²) in [7, 11) is 0. The van der Waals surface area contributed by atoms with Crippen molar-refractivity contribution >= 4 is 10.9 Å². The average Bonchev–Trinajstić information content (AvgIpc) is 2.84. The maximum absolute atomic E-state index is 5.54. The molecular weight excluding hydrogens is 370 g/mol. The zero-order chi connectivity index (χ0) is 20.3. The maximum Gasteiger partial charge on any atom is 0.0713 e. The van der Waals surface area contributed by atoms with Crippen LogP contribution in [0.1, 0.15) is 31.4 Å². The molecule has 1 unspecified atom stereocenters. The summed E-state index contributed by atoms with van der Waals surface area (Å²) in [6.45, 7) is 8.64. The second kappa shape index (κ2) is 8.84. The highest BCUT2D eigenvalue weighted by atomic mass is 16.5. The number of fused-ring (bicyclic) bond motifs is 1. The predicted octanol–water partition coefficient (Wildman–Crippen LogP) is 4.76. The fourth-order valence-corrected chi connectivity index (χ4v) is 5.08. The molecule has 0 radical (unpaired) electrons. The van der Waals surface area contributed by atoms with E-state index in [4.69, 9.17) is 9.72 Å². The lowest BCUT2D eigenvalue weighted by molar-refractivity contribution is -0.00255. The molecule has 1 aromatic heterocycles. The summed E-state index contributed by atoms with van der Waals surface area (Å²) in [5.74, 6) is 0. The Morgan fingerprint density at radius 2 is 1.60 bits per heavy atom. The first-order valence-corrected chi connectivity index (χ1v) is 11.3. The Bertz CT molecular complexity index is 976. The Morgan fingerprint density at radius 3 is 2.37 bits per heavy atom. The number of hydrogen-bond donors (Lipinski definition) is 0. The molecule has 5 rings (SSSR count). The number of rotatable bonds is 4. The SMILES string of the molecule is CC(c1cc(-c2ccccc2)nc2ccccc12)N1CCC(N2CCOCC2)CC1. The quantitative estimate of drug-likeness (QED) is 0.630. The van der Waals surface area contributed by atoms with Crippen LogP contribution in [0.3, 0.4) is 0 Å². The van der Waals surface area contributed by atoms with Gasteiger partial charge in [-0.15, -0.1) is 0 Å². The lowest BCUT2D eigenvalue weighted by Crippen LogP contribution is -2.49. The first-order chi connectivity index (χ1) is 14.8. The minimum atomic E-state index is 0.381. The third kappa shape index (κ3) is 4.00. The van der Waals surface area contributed by atoms with Gasteiger partial charge in [0.15, 0.2) is 0 Å². The van der Waals surface area contributed by atoms with E-state index in [2.05, 4.69) is 77.4 Å². The molecule has 2 fully saturated rings. The van der Waals surface area contributed by atoms with Crippen LogP contribution in [0.4, 0.5) is 0 Å². The van der Waals surface area contributed by atoms with E-state index in [1.807, 2.05) is 0 Å². The van der Waals surface area contributed by atoms with E-state index in [1.165, 1.54) is 29.4 Å². The largest absolute Gasteiger partial charge is 0.379 e. The zero-order valence-electron chi connectivity index (χ0n) is 17.8. The topological polar surface area (TPSA) is 28.6 Å². The minimum absolute atomic E-state index is 0.381. The summed E-state index contributed by atoms with van der Waals surface area (Å²) in [6.07, 6.45) is 2.50. The van der Waals surface area contributed by atoms with Gasteiger partial charge >= 0.3 is 0 Å². The van der Waals surface area contributed by atoms with Crippen molar-refractivity contribution in [3.05, 3.63) is 66.2 Å². The van der Waals surface area contributed by atoms with Gasteiger partial charge in [0.05, 0.1) is 24.4 Å². The van der Waals surface area contributed by atoms with E-state index in [1.54, 1.807) is 0 Å². The Morgan fingerprint density at radius 1 is 0.900 bits per heavy atom. The fraction of sp³-hybridized carbons (Fsp3) is 0.423. The second-order valence-corrected chi connectivity index (χ2v) is 8.57. The van der Waals surface area contributed by atoms with Crippen LogP contribution >= 0.6 is 0 Å². The molecule has 1 atom stereocenters. The van der Waals surface area contributed by atoms with Gasteiger partial charge in [0, 0.05) is 49.2 Å². The van der Waals surface area contributed by atoms with Gasteiger partial charge in [-0.3, -0.25) is 9.80 Å². The molecule has 0 saturated carbocycles. The van der Waals surface area contributed by atoms with Gasteiger partial charge in [0.1, 0.15) is 0 Å². The van der Waals surface area contributed by atoms with Crippen LogP contribution < -0.4 is 0 Å².